The van der Waals surface area contributed by atoms with Gasteiger partial charge in [0.1, 0.15) is 0 Å². The van der Waals surface area contributed by atoms with Gasteiger partial charge in [0.2, 0.25) is 0 Å². The molecule has 0 unspecified atom stereocenters. The van der Waals surface area contributed by atoms with E-state index in [1.165, 1.54) is 0 Å². The van der Waals surface area contributed by atoms with Crippen LogP contribution in [0, 0.1) is 0 Å². The number of hydrogen-bond acceptors (Lipinski definition) is 7. The van der Waals surface area contributed by atoms with Crippen molar-refractivity contribution in [3.8, 4) is 0 Å². The standard InChI is InChI=1S/C25H52INO6/c1-22(2,3)31-19-16-30-18-21-33-24(6,7)11-10-23(4,5)32-20-17-29-15-14-28-13-12-27-25(8,9)26/h27H,10-21H2,1-9H3. The molecule has 0 spiro atoms. The van der Waals surface area contributed by atoms with E-state index in [9.17, 15) is 0 Å². The van der Waals surface area contributed by atoms with Gasteiger partial charge in [-0.1, -0.05) is 22.6 Å². The molecule has 0 saturated heterocycles. The quantitative estimate of drug-likeness (QED) is 0.0877. The molecule has 0 aromatic rings. The Labute approximate surface area is 217 Å². The number of halogens is 1. The Morgan fingerprint density at radius 2 is 0.879 bits per heavy atom. The molecule has 0 radical (unpaired) electrons. The Morgan fingerprint density at radius 3 is 1.27 bits per heavy atom. The molecule has 7 nitrogen and oxygen atoms in total. The maximum atomic E-state index is 6.03. The summed E-state index contributed by atoms with van der Waals surface area (Å²) in [5.74, 6) is 0. The summed E-state index contributed by atoms with van der Waals surface area (Å²) < 4.78 is 34.6. The zero-order chi connectivity index (χ0) is 25.4. The third kappa shape index (κ3) is 25.4. The Bertz CT molecular complexity index is 474. The summed E-state index contributed by atoms with van der Waals surface area (Å²) >= 11 is 2.37. The van der Waals surface area contributed by atoms with E-state index in [1.807, 2.05) is 20.8 Å². The molecule has 200 valence electrons. The molecule has 0 aromatic heterocycles. The van der Waals surface area contributed by atoms with Gasteiger partial charge in [-0.3, -0.25) is 0 Å². The normalized spacial score (nSPS) is 13.6. The molecule has 1 N–H and O–H groups in total. The largest absolute Gasteiger partial charge is 0.378 e. The second-order valence-corrected chi connectivity index (χ2v) is 13.6. The summed E-state index contributed by atoms with van der Waals surface area (Å²) in [7, 11) is 0. The van der Waals surface area contributed by atoms with Crippen LogP contribution in [-0.4, -0.2) is 86.4 Å². The van der Waals surface area contributed by atoms with Crippen molar-refractivity contribution >= 4 is 22.6 Å². The van der Waals surface area contributed by atoms with Crippen molar-refractivity contribution in [1.29, 1.82) is 0 Å². The fraction of sp³-hybridized carbons (Fsp3) is 1.00. The predicted molar refractivity (Wildman–Crippen MR) is 144 cm³/mol. The average molecular weight is 590 g/mol. The van der Waals surface area contributed by atoms with Gasteiger partial charge in [-0.25, -0.2) is 0 Å². The van der Waals surface area contributed by atoms with Crippen LogP contribution in [0.1, 0.15) is 75.2 Å². The molecule has 0 atom stereocenters. The summed E-state index contributed by atoms with van der Waals surface area (Å²) in [5, 5.41) is 3.38. The lowest BCUT2D eigenvalue weighted by atomic mass is 9.94. The van der Waals surface area contributed by atoms with Crippen LogP contribution in [0.2, 0.25) is 0 Å². The van der Waals surface area contributed by atoms with Crippen molar-refractivity contribution in [1.82, 2.24) is 5.32 Å². The van der Waals surface area contributed by atoms with Crippen LogP contribution in [0.15, 0.2) is 0 Å². The monoisotopic (exact) mass is 589 g/mol. The Hall–Kier alpha value is 0.450. The third-order valence-electron chi connectivity index (χ3n) is 4.70. The maximum Gasteiger partial charge on any atom is 0.0707 e. The second kappa shape index (κ2) is 17.0. The number of rotatable bonds is 21. The molecule has 0 aliphatic rings. The summed E-state index contributed by atoms with van der Waals surface area (Å²) in [6.45, 7) is 25.1. The molecule has 33 heavy (non-hydrogen) atoms. The van der Waals surface area contributed by atoms with Crippen LogP contribution in [0.4, 0.5) is 0 Å². The Kier molecular flexibility index (Phi) is 17.2. The molecular weight excluding hydrogens is 537 g/mol. The van der Waals surface area contributed by atoms with Gasteiger partial charge in [-0.05, 0) is 75.2 Å². The van der Waals surface area contributed by atoms with Crippen molar-refractivity contribution in [2.75, 3.05) is 66.0 Å². The van der Waals surface area contributed by atoms with Crippen molar-refractivity contribution in [2.45, 2.75) is 95.5 Å². The van der Waals surface area contributed by atoms with Gasteiger partial charge in [0.25, 0.3) is 0 Å². The highest BCUT2D eigenvalue weighted by atomic mass is 127. The van der Waals surface area contributed by atoms with Crippen LogP contribution < -0.4 is 5.32 Å². The number of hydrogen-bond donors (Lipinski definition) is 1. The number of alkyl halides is 1. The van der Waals surface area contributed by atoms with Gasteiger partial charge in [-0.2, -0.15) is 0 Å². The first-order chi connectivity index (χ1) is 15.1. The Morgan fingerprint density at radius 1 is 0.515 bits per heavy atom. The minimum absolute atomic E-state index is 0.0963. The third-order valence-corrected chi connectivity index (χ3v) is 5.08. The van der Waals surface area contributed by atoms with Gasteiger partial charge in [0, 0.05) is 6.54 Å². The van der Waals surface area contributed by atoms with E-state index >= 15 is 0 Å². The lowest BCUT2D eigenvalue weighted by Crippen LogP contribution is -2.35. The van der Waals surface area contributed by atoms with Crippen LogP contribution in [-0.2, 0) is 28.4 Å². The van der Waals surface area contributed by atoms with E-state index in [0.29, 0.717) is 59.5 Å². The van der Waals surface area contributed by atoms with E-state index in [1.54, 1.807) is 0 Å². The zero-order valence-corrected chi connectivity index (χ0v) is 25.0. The SMILES string of the molecule is CC(C)(I)NCCOCCOCCOC(C)(C)CCC(C)(C)OCCOCCOC(C)(C)C. The van der Waals surface area contributed by atoms with E-state index < -0.39 is 0 Å². The predicted octanol–water partition coefficient (Wildman–Crippen LogP) is 4.98. The summed E-state index contributed by atoms with van der Waals surface area (Å²) in [4.78, 5) is 0. The molecule has 0 heterocycles. The van der Waals surface area contributed by atoms with E-state index in [0.717, 1.165) is 19.4 Å². The highest BCUT2D eigenvalue weighted by Gasteiger charge is 2.25. The van der Waals surface area contributed by atoms with E-state index in [4.69, 9.17) is 28.4 Å². The van der Waals surface area contributed by atoms with Crippen molar-refractivity contribution in [2.24, 2.45) is 0 Å². The molecule has 0 amide bonds. The fourth-order valence-electron chi connectivity index (χ4n) is 2.75. The van der Waals surface area contributed by atoms with Crippen molar-refractivity contribution in [3.63, 3.8) is 0 Å². The Balaban J connectivity index is 3.72. The minimum Gasteiger partial charge on any atom is -0.378 e. The number of nitrogens with one attached hydrogen (secondary N) is 1. The highest BCUT2D eigenvalue weighted by molar-refractivity contribution is 14.1. The second-order valence-electron chi connectivity index (χ2n) is 10.9. The molecule has 0 bridgehead atoms. The lowest BCUT2D eigenvalue weighted by Gasteiger charge is -2.31. The van der Waals surface area contributed by atoms with Gasteiger partial charge < -0.3 is 33.7 Å². The molecule has 0 aromatic carbocycles. The molecule has 0 aliphatic carbocycles. The topological polar surface area (TPSA) is 67.4 Å². The van der Waals surface area contributed by atoms with Gasteiger partial charge >= 0.3 is 0 Å². The van der Waals surface area contributed by atoms with Gasteiger partial charge in [-0.15, -0.1) is 0 Å². The van der Waals surface area contributed by atoms with Crippen LogP contribution in [0.25, 0.3) is 0 Å². The average Bonchev–Trinajstić information content (AvgIpc) is 2.65. The summed E-state index contributed by atoms with van der Waals surface area (Å²) in [6.07, 6.45) is 1.81. The first-order valence-electron chi connectivity index (χ1n) is 12.2. The van der Waals surface area contributed by atoms with Crippen LogP contribution in [0.3, 0.4) is 0 Å². The zero-order valence-electron chi connectivity index (χ0n) is 22.8. The van der Waals surface area contributed by atoms with Gasteiger partial charge in [0.05, 0.1) is 79.8 Å². The van der Waals surface area contributed by atoms with Crippen LogP contribution >= 0.6 is 22.6 Å². The molecule has 0 fully saturated rings. The molecule has 8 heteroatoms. The van der Waals surface area contributed by atoms with Crippen molar-refractivity contribution in [3.05, 3.63) is 0 Å². The number of ether oxygens (including phenoxy) is 6. The molecule has 0 rings (SSSR count). The molecule has 0 aliphatic heterocycles. The van der Waals surface area contributed by atoms with Crippen molar-refractivity contribution < 1.29 is 28.4 Å². The highest BCUT2D eigenvalue weighted by Crippen LogP contribution is 2.24. The van der Waals surface area contributed by atoms with E-state index in [-0.39, 0.29) is 20.3 Å². The fourth-order valence-corrected chi connectivity index (χ4v) is 3.02. The first kappa shape index (κ1) is 33.4. The molecular formula is C25H52INO6. The smallest absolute Gasteiger partial charge is 0.0707 e. The lowest BCUT2D eigenvalue weighted by molar-refractivity contribution is -0.0892. The molecule has 0 saturated carbocycles. The maximum absolute atomic E-state index is 6.03. The minimum atomic E-state index is -0.223. The van der Waals surface area contributed by atoms with Crippen LogP contribution in [0.5, 0.6) is 0 Å². The van der Waals surface area contributed by atoms with Gasteiger partial charge in [0.15, 0.2) is 0 Å². The van der Waals surface area contributed by atoms with E-state index in [2.05, 4.69) is 69.5 Å². The summed E-state index contributed by atoms with van der Waals surface area (Å²) in [5.41, 5.74) is -0.568. The summed E-state index contributed by atoms with van der Waals surface area (Å²) in [6, 6.07) is 0. The first-order valence-corrected chi connectivity index (χ1v) is 13.3.